The lowest BCUT2D eigenvalue weighted by Crippen LogP contribution is -2.44. The van der Waals surface area contributed by atoms with E-state index in [4.69, 9.17) is 10.5 Å². The van der Waals surface area contributed by atoms with E-state index in [1.54, 1.807) is 0 Å². The Morgan fingerprint density at radius 3 is 2.33 bits per heavy atom. The third-order valence-corrected chi connectivity index (χ3v) is 4.39. The van der Waals surface area contributed by atoms with Gasteiger partial charge in [0.1, 0.15) is 0 Å². The van der Waals surface area contributed by atoms with Crippen molar-refractivity contribution in [1.29, 1.82) is 0 Å². The molecular formula is C16H33NO. The smallest absolute Gasteiger partial charge is 0.0646 e. The molecule has 1 aliphatic carbocycles. The first-order chi connectivity index (χ1) is 8.70. The van der Waals surface area contributed by atoms with Gasteiger partial charge in [0.2, 0.25) is 0 Å². The van der Waals surface area contributed by atoms with Crippen molar-refractivity contribution in [2.24, 2.45) is 11.7 Å². The van der Waals surface area contributed by atoms with E-state index in [-0.39, 0.29) is 5.54 Å². The van der Waals surface area contributed by atoms with Gasteiger partial charge < -0.3 is 10.5 Å². The molecule has 108 valence electrons. The Morgan fingerprint density at radius 2 is 1.78 bits per heavy atom. The lowest BCUT2D eigenvalue weighted by Gasteiger charge is -2.28. The molecule has 0 bridgehead atoms. The molecule has 1 atom stereocenters. The van der Waals surface area contributed by atoms with Crippen LogP contribution in [0.2, 0.25) is 0 Å². The molecule has 1 fully saturated rings. The van der Waals surface area contributed by atoms with Crippen LogP contribution < -0.4 is 5.73 Å². The lowest BCUT2D eigenvalue weighted by molar-refractivity contribution is 0.0505. The minimum Gasteiger partial charge on any atom is -0.379 e. The molecule has 0 radical (unpaired) electrons. The molecule has 1 aliphatic rings. The molecule has 1 rings (SSSR count). The van der Waals surface area contributed by atoms with E-state index in [2.05, 4.69) is 13.8 Å². The van der Waals surface area contributed by atoms with Gasteiger partial charge in [-0.05, 0) is 25.2 Å². The molecule has 2 heteroatoms. The van der Waals surface area contributed by atoms with Crippen LogP contribution in [0.15, 0.2) is 0 Å². The van der Waals surface area contributed by atoms with Gasteiger partial charge in [-0.2, -0.15) is 0 Å². The minimum atomic E-state index is -0.0282. The summed E-state index contributed by atoms with van der Waals surface area (Å²) in [7, 11) is 0. The maximum absolute atomic E-state index is 6.46. The molecule has 0 aromatic carbocycles. The number of hydrogen-bond acceptors (Lipinski definition) is 2. The van der Waals surface area contributed by atoms with Crippen LogP contribution in [0, 0.1) is 5.92 Å². The van der Waals surface area contributed by atoms with Crippen molar-refractivity contribution in [1.82, 2.24) is 0 Å². The van der Waals surface area contributed by atoms with Gasteiger partial charge in [0, 0.05) is 12.1 Å². The summed E-state index contributed by atoms with van der Waals surface area (Å²) in [6.45, 7) is 6.21. The Labute approximate surface area is 114 Å². The largest absolute Gasteiger partial charge is 0.379 e. The monoisotopic (exact) mass is 255 g/mol. The minimum absolute atomic E-state index is 0.0282. The van der Waals surface area contributed by atoms with E-state index in [1.807, 2.05) is 0 Å². The zero-order valence-electron chi connectivity index (χ0n) is 12.5. The average Bonchev–Trinajstić information content (AvgIpc) is 2.59. The lowest BCUT2D eigenvalue weighted by atomic mass is 9.92. The highest BCUT2D eigenvalue weighted by Crippen LogP contribution is 2.25. The topological polar surface area (TPSA) is 35.2 Å². The summed E-state index contributed by atoms with van der Waals surface area (Å²) in [6.07, 6.45) is 12.7. The maximum atomic E-state index is 6.46. The summed E-state index contributed by atoms with van der Waals surface area (Å²) in [5.41, 5.74) is 6.43. The second-order valence-corrected chi connectivity index (χ2v) is 6.21. The predicted molar refractivity (Wildman–Crippen MR) is 78.7 cm³/mol. The van der Waals surface area contributed by atoms with E-state index in [9.17, 15) is 0 Å². The number of nitrogens with two attached hydrogens (primary N) is 1. The van der Waals surface area contributed by atoms with Crippen LogP contribution in [-0.2, 0) is 4.74 Å². The van der Waals surface area contributed by atoms with Gasteiger partial charge >= 0.3 is 0 Å². The molecule has 0 spiro atoms. The second-order valence-electron chi connectivity index (χ2n) is 6.21. The first-order valence-electron chi connectivity index (χ1n) is 8.07. The fraction of sp³-hybridized carbons (Fsp3) is 1.00. The molecule has 2 nitrogen and oxygen atoms in total. The van der Waals surface area contributed by atoms with Gasteiger partial charge in [0.05, 0.1) is 6.61 Å². The van der Waals surface area contributed by atoms with Gasteiger partial charge in [-0.25, -0.2) is 0 Å². The second kappa shape index (κ2) is 8.92. The molecule has 0 aliphatic heterocycles. The standard InChI is InChI=1S/C16H33NO/c1-3-5-10-15(4-2)13-18-14-16(17)11-8-6-7-9-12-16/h15H,3-14,17H2,1-2H3. The zero-order valence-corrected chi connectivity index (χ0v) is 12.5. The fourth-order valence-electron chi connectivity index (χ4n) is 2.90. The molecule has 1 unspecified atom stereocenters. The van der Waals surface area contributed by atoms with Gasteiger partial charge in [0.15, 0.2) is 0 Å². The molecular weight excluding hydrogens is 222 g/mol. The predicted octanol–water partition coefficient (Wildman–Crippen LogP) is 4.27. The SMILES string of the molecule is CCCCC(CC)COCC1(N)CCCCCC1. The fourth-order valence-corrected chi connectivity index (χ4v) is 2.90. The first kappa shape index (κ1) is 16.0. The van der Waals surface area contributed by atoms with Crippen molar-refractivity contribution in [3.05, 3.63) is 0 Å². The van der Waals surface area contributed by atoms with Crippen LogP contribution in [0.5, 0.6) is 0 Å². The van der Waals surface area contributed by atoms with Crippen molar-refractivity contribution in [3.63, 3.8) is 0 Å². The van der Waals surface area contributed by atoms with Gasteiger partial charge in [0.25, 0.3) is 0 Å². The molecule has 2 N–H and O–H groups in total. The maximum Gasteiger partial charge on any atom is 0.0646 e. The molecule has 0 aromatic heterocycles. The average molecular weight is 255 g/mol. The van der Waals surface area contributed by atoms with Crippen molar-refractivity contribution in [2.45, 2.75) is 83.6 Å². The van der Waals surface area contributed by atoms with Crippen LogP contribution in [0.25, 0.3) is 0 Å². The van der Waals surface area contributed by atoms with Crippen LogP contribution in [0.1, 0.15) is 78.1 Å². The van der Waals surface area contributed by atoms with E-state index in [1.165, 1.54) is 51.4 Å². The molecule has 0 aromatic rings. The van der Waals surface area contributed by atoms with E-state index in [0.717, 1.165) is 32.0 Å². The first-order valence-corrected chi connectivity index (χ1v) is 8.07. The summed E-state index contributed by atoms with van der Waals surface area (Å²) in [4.78, 5) is 0. The highest BCUT2D eigenvalue weighted by molar-refractivity contribution is 4.85. The number of ether oxygens (including phenoxy) is 1. The summed E-state index contributed by atoms with van der Waals surface area (Å²) in [5, 5.41) is 0. The highest BCUT2D eigenvalue weighted by atomic mass is 16.5. The molecule has 0 heterocycles. The van der Waals surface area contributed by atoms with Crippen molar-refractivity contribution in [3.8, 4) is 0 Å². The molecule has 0 saturated heterocycles. The van der Waals surface area contributed by atoms with Gasteiger partial charge in [-0.3, -0.25) is 0 Å². The summed E-state index contributed by atoms with van der Waals surface area (Å²) >= 11 is 0. The quantitative estimate of drug-likeness (QED) is 0.657. The Hall–Kier alpha value is -0.0800. The highest BCUT2D eigenvalue weighted by Gasteiger charge is 2.26. The Morgan fingerprint density at radius 1 is 1.11 bits per heavy atom. The summed E-state index contributed by atoms with van der Waals surface area (Å²) < 4.78 is 5.96. The Bertz CT molecular complexity index is 197. The van der Waals surface area contributed by atoms with Crippen molar-refractivity contribution < 1.29 is 4.74 Å². The molecule has 0 amide bonds. The van der Waals surface area contributed by atoms with Gasteiger partial charge in [-0.1, -0.05) is 58.8 Å². The zero-order chi connectivity index (χ0) is 13.3. The van der Waals surface area contributed by atoms with E-state index >= 15 is 0 Å². The third-order valence-electron chi connectivity index (χ3n) is 4.39. The van der Waals surface area contributed by atoms with Crippen LogP contribution in [-0.4, -0.2) is 18.8 Å². The molecule has 18 heavy (non-hydrogen) atoms. The van der Waals surface area contributed by atoms with Crippen molar-refractivity contribution >= 4 is 0 Å². The summed E-state index contributed by atoms with van der Waals surface area (Å²) in [5.74, 6) is 0.735. The number of unbranched alkanes of at least 4 members (excludes halogenated alkanes) is 1. The third kappa shape index (κ3) is 6.19. The summed E-state index contributed by atoms with van der Waals surface area (Å²) in [6, 6.07) is 0. The van der Waals surface area contributed by atoms with Crippen LogP contribution >= 0.6 is 0 Å². The molecule has 1 saturated carbocycles. The van der Waals surface area contributed by atoms with E-state index < -0.39 is 0 Å². The van der Waals surface area contributed by atoms with Crippen LogP contribution in [0.3, 0.4) is 0 Å². The Kier molecular flexibility index (Phi) is 7.92. The number of hydrogen-bond donors (Lipinski definition) is 1. The van der Waals surface area contributed by atoms with Gasteiger partial charge in [-0.15, -0.1) is 0 Å². The van der Waals surface area contributed by atoms with Crippen LogP contribution in [0.4, 0.5) is 0 Å². The number of rotatable bonds is 8. The Balaban J connectivity index is 2.21. The van der Waals surface area contributed by atoms with E-state index in [0.29, 0.717) is 0 Å². The van der Waals surface area contributed by atoms with Crippen molar-refractivity contribution in [2.75, 3.05) is 13.2 Å². The normalized spacial score (nSPS) is 21.5.